The van der Waals surface area contributed by atoms with Crippen LogP contribution in [-0.2, 0) is 24.2 Å². The lowest BCUT2D eigenvalue weighted by atomic mass is 9.96. The third kappa shape index (κ3) is 3.17. The van der Waals surface area contributed by atoms with E-state index < -0.39 is 52.0 Å². The van der Waals surface area contributed by atoms with Gasteiger partial charge in [0.25, 0.3) is 11.8 Å². The number of halogens is 2. The third-order valence-corrected chi connectivity index (χ3v) is 7.21. The van der Waals surface area contributed by atoms with Crippen molar-refractivity contribution in [2.75, 3.05) is 0 Å². The van der Waals surface area contributed by atoms with Crippen LogP contribution in [-0.4, -0.2) is 38.2 Å². The van der Waals surface area contributed by atoms with Gasteiger partial charge in [-0.3, -0.25) is 19.3 Å². The summed E-state index contributed by atoms with van der Waals surface area (Å²) in [7, 11) is 0. The molecule has 36 heavy (non-hydrogen) atoms. The average Bonchev–Trinajstić information content (AvgIpc) is 3.28. The molecule has 0 spiro atoms. The van der Waals surface area contributed by atoms with E-state index in [1.54, 1.807) is 4.90 Å². The number of nitrogens with one attached hydrogen (secondary N) is 1. The van der Waals surface area contributed by atoms with Crippen molar-refractivity contribution in [2.45, 2.75) is 44.3 Å². The van der Waals surface area contributed by atoms with E-state index in [0.29, 0.717) is 12.5 Å². The summed E-state index contributed by atoms with van der Waals surface area (Å²) in [4.78, 5) is 40.8. The van der Waals surface area contributed by atoms with Crippen LogP contribution in [0.4, 0.5) is 8.78 Å². The van der Waals surface area contributed by atoms with Crippen LogP contribution in [0.25, 0.3) is 0 Å². The lowest BCUT2D eigenvalue weighted by Crippen LogP contribution is -2.47. The molecule has 1 saturated heterocycles. The SMILES string of the molecule is C[C@@]12Cc3ccccc3[C@@H]1N1C(=O)c3c(O)c(=O)c(C(=O)NCc4ccc(F)cc4F)cn3CC1O2. The second-order valence-electron chi connectivity index (χ2n) is 9.52. The smallest absolute Gasteiger partial charge is 0.277 e. The van der Waals surface area contributed by atoms with E-state index in [0.717, 1.165) is 17.2 Å². The molecule has 0 saturated carbocycles. The second kappa shape index (κ2) is 7.72. The fourth-order valence-corrected chi connectivity index (χ4v) is 5.63. The van der Waals surface area contributed by atoms with Gasteiger partial charge in [0.15, 0.2) is 17.7 Å². The quantitative estimate of drug-likeness (QED) is 0.584. The second-order valence-corrected chi connectivity index (χ2v) is 9.52. The lowest BCUT2D eigenvalue weighted by molar-refractivity contribution is -0.0552. The molecule has 6 rings (SSSR count). The van der Waals surface area contributed by atoms with Crippen LogP contribution in [0.15, 0.2) is 53.5 Å². The number of hydrogen-bond acceptors (Lipinski definition) is 5. The highest BCUT2D eigenvalue weighted by atomic mass is 19.1. The Morgan fingerprint density at radius 2 is 2.00 bits per heavy atom. The minimum absolute atomic E-state index is 0.0253. The number of carbonyl (C=O) groups is 2. The highest BCUT2D eigenvalue weighted by Gasteiger charge is 2.59. The Morgan fingerprint density at radius 3 is 2.78 bits per heavy atom. The fraction of sp³-hybridized carbons (Fsp3) is 0.269. The number of ether oxygens (including phenoxy) is 1. The van der Waals surface area contributed by atoms with Crippen molar-refractivity contribution in [3.8, 4) is 5.75 Å². The molecule has 0 radical (unpaired) electrons. The molecule has 3 aliphatic rings. The van der Waals surface area contributed by atoms with Gasteiger partial charge in [-0.25, -0.2) is 8.78 Å². The van der Waals surface area contributed by atoms with Gasteiger partial charge in [-0.2, -0.15) is 0 Å². The monoisotopic (exact) mass is 493 g/mol. The summed E-state index contributed by atoms with van der Waals surface area (Å²) < 4.78 is 34.7. The average molecular weight is 493 g/mol. The van der Waals surface area contributed by atoms with Gasteiger partial charge in [0, 0.05) is 30.8 Å². The number of nitrogens with zero attached hydrogens (tertiary/aromatic N) is 2. The summed E-state index contributed by atoms with van der Waals surface area (Å²) in [6.45, 7) is 1.74. The van der Waals surface area contributed by atoms with Gasteiger partial charge < -0.3 is 19.7 Å². The fourth-order valence-electron chi connectivity index (χ4n) is 5.63. The van der Waals surface area contributed by atoms with E-state index in [9.17, 15) is 28.3 Å². The van der Waals surface area contributed by atoms with Gasteiger partial charge in [0.1, 0.15) is 17.2 Å². The molecule has 2 aliphatic heterocycles. The standard InChI is InChI=1S/C26H21F2N3O5/c1-26-9-13-4-2-3-5-16(13)23(26)31-19(36-26)12-30-11-17(21(32)22(33)20(30)25(31)35)24(34)29-10-14-6-7-15(27)8-18(14)28/h2-8,11,19,23,33H,9-10,12H2,1H3,(H,29,34)/t19?,23-,26+/m0/s1. The van der Waals surface area contributed by atoms with Crippen LogP contribution in [0.1, 0.15) is 50.5 Å². The molecule has 3 atom stereocenters. The maximum atomic E-state index is 13.9. The molecule has 2 aromatic carbocycles. The number of rotatable bonds is 3. The van der Waals surface area contributed by atoms with Crippen molar-refractivity contribution in [2.24, 2.45) is 0 Å². The van der Waals surface area contributed by atoms with E-state index in [1.165, 1.54) is 16.8 Å². The normalized spacial score (nSPS) is 23.6. The van der Waals surface area contributed by atoms with Crippen molar-refractivity contribution >= 4 is 11.8 Å². The Morgan fingerprint density at radius 1 is 1.22 bits per heavy atom. The van der Waals surface area contributed by atoms with E-state index in [-0.39, 0.29) is 30.4 Å². The van der Waals surface area contributed by atoms with E-state index in [2.05, 4.69) is 5.32 Å². The number of aromatic hydroxyl groups is 1. The molecule has 3 heterocycles. The molecule has 0 bridgehead atoms. The number of aromatic nitrogens is 1. The number of pyridine rings is 1. The van der Waals surface area contributed by atoms with Crippen molar-refractivity contribution in [3.05, 3.63) is 98.5 Å². The van der Waals surface area contributed by atoms with Crippen LogP contribution in [0.5, 0.6) is 5.75 Å². The predicted molar refractivity (Wildman–Crippen MR) is 122 cm³/mol. The highest BCUT2D eigenvalue weighted by molar-refractivity contribution is 5.99. The summed E-state index contributed by atoms with van der Waals surface area (Å²) in [5.74, 6) is -3.86. The zero-order chi connectivity index (χ0) is 25.4. The topological polar surface area (TPSA) is 101 Å². The summed E-state index contributed by atoms with van der Waals surface area (Å²) >= 11 is 0. The molecule has 2 amide bonds. The summed E-state index contributed by atoms with van der Waals surface area (Å²) in [6, 6.07) is 10.3. The molecule has 1 fully saturated rings. The number of carbonyl (C=O) groups excluding carboxylic acids is 2. The predicted octanol–water partition coefficient (Wildman–Crippen LogP) is 2.63. The zero-order valence-corrected chi connectivity index (χ0v) is 19.1. The molecule has 1 aromatic heterocycles. The Labute approximate surface area is 203 Å². The van der Waals surface area contributed by atoms with Crippen LogP contribution >= 0.6 is 0 Å². The van der Waals surface area contributed by atoms with E-state index in [4.69, 9.17) is 4.74 Å². The molecular formula is C26H21F2N3O5. The van der Waals surface area contributed by atoms with Gasteiger partial charge in [-0.05, 0) is 24.1 Å². The van der Waals surface area contributed by atoms with Gasteiger partial charge in [0.2, 0.25) is 5.43 Å². The third-order valence-electron chi connectivity index (χ3n) is 7.21. The van der Waals surface area contributed by atoms with Crippen molar-refractivity contribution in [1.82, 2.24) is 14.8 Å². The van der Waals surface area contributed by atoms with Gasteiger partial charge in [0.05, 0.1) is 18.2 Å². The molecule has 1 aliphatic carbocycles. The Hall–Kier alpha value is -4.05. The highest BCUT2D eigenvalue weighted by Crippen LogP contribution is 2.53. The number of amides is 2. The van der Waals surface area contributed by atoms with Crippen LogP contribution in [0.3, 0.4) is 0 Å². The lowest BCUT2D eigenvalue weighted by Gasteiger charge is -2.34. The van der Waals surface area contributed by atoms with Gasteiger partial charge in [-0.15, -0.1) is 0 Å². The molecule has 3 aromatic rings. The van der Waals surface area contributed by atoms with Gasteiger partial charge >= 0.3 is 0 Å². The summed E-state index contributed by atoms with van der Waals surface area (Å²) in [6.07, 6.45) is 1.16. The van der Waals surface area contributed by atoms with Crippen molar-refractivity contribution < 1.29 is 28.2 Å². The van der Waals surface area contributed by atoms with Crippen LogP contribution < -0.4 is 10.7 Å². The zero-order valence-electron chi connectivity index (χ0n) is 19.1. The molecule has 184 valence electrons. The van der Waals surface area contributed by atoms with E-state index in [1.807, 2.05) is 31.2 Å². The summed E-state index contributed by atoms with van der Waals surface area (Å²) in [5.41, 5.74) is -0.230. The summed E-state index contributed by atoms with van der Waals surface area (Å²) in [5, 5.41) is 13.1. The Kier molecular flexibility index (Phi) is 4.81. The maximum Gasteiger partial charge on any atom is 0.277 e. The molecule has 2 N–H and O–H groups in total. The van der Waals surface area contributed by atoms with Crippen LogP contribution in [0, 0.1) is 11.6 Å². The number of fused-ring (bicyclic) bond motifs is 6. The molecule has 10 heteroatoms. The largest absolute Gasteiger partial charge is 0.503 e. The van der Waals surface area contributed by atoms with E-state index >= 15 is 0 Å². The Bertz CT molecular complexity index is 1520. The number of hydrogen-bond donors (Lipinski definition) is 2. The Balaban J connectivity index is 1.32. The first-order valence-electron chi connectivity index (χ1n) is 11.4. The van der Waals surface area contributed by atoms with Gasteiger partial charge in [-0.1, -0.05) is 30.3 Å². The number of benzene rings is 2. The maximum absolute atomic E-state index is 13.9. The minimum atomic E-state index is -1.01. The van der Waals surface area contributed by atoms with Crippen LogP contribution in [0.2, 0.25) is 0 Å². The first kappa shape index (κ1) is 22.4. The van der Waals surface area contributed by atoms with Crippen molar-refractivity contribution in [1.29, 1.82) is 0 Å². The molecular weight excluding hydrogens is 472 g/mol. The first-order chi connectivity index (χ1) is 17.2. The minimum Gasteiger partial charge on any atom is -0.503 e. The molecule has 8 nitrogen and oxygen atoms in total. The van der Waals surface area contributed by atoms with Crippen molar-refractivity contribution in [3.63, 3.8) is 0 Å². The first-order valence-corrected chi connectivity index (χ1v) is 11.4. The molecule has 1 unspecified atom stereocenters.